The quantitative estimate of drug-likeness (QED) is 0.850. The Bertz CT molecular complexity index is 801. The minimum Gasteiger partial charge on any atom is -0.348 e. The summed E-state index contributed by atoms with van der Waals surface area (Å²) in [5, 5.41) is 5.06. The number of aromatic nitrogens is 1. The van der Waals surface area contributed by atoms with Crippen LogP contribution in [-0.2, 0) is 5.54 Å². The molecule has 1 unspecified atom stereocenters. The lowest BCUT2D eigenvalue weighted by Gasteiger charge is -2.38. The molecule has 9 heteroatoms. The molecule has 2 aliphatic rings. The lowest BCUT2D eigenvalue weighted by molar-refractivity contribution is -0.183. The summed E-state index contributed by atoms with van der Waals surface area (Å²) in [5.74, 6) is -0.0168. The molecule has 1 aromatic heterocycles. The van der Waals surface area contributed by atoms with E-state index in [-0.39, 0.29) is 16.3 Å². The maximum absolute atomic E-state index is 14.2. The highest BCUT2D eigenvalue weighted by atomic mass is 32.1. The van der Waals surface area contributed by atoms with E-state index in [0.29, 0.717) is 5.13 Å². The molecule has 1 saturated heterocycles. The van der Waals surface area contributed by atoms with Gasteiger partial charge in [0.2, 0.25) is 5.54 Å². The highest BCUT2D eigenvalue weighted by molar-refractivity contribution is 7.16. The molecule has 0 saturated carbocycles. The van der Waals surface area contributed by atoms with Crippen LogP contribution >= 0.6 is 11.3 Å². The summed E-state index contributed by atoms with van der Waals surface area (Å²) in [6, 6.07) is 6.53. The van der Waals surface area contributed by atoms with Gasteiger partial charge in [-0.2, -0.15) is 13.2 Å². The van der Waals surface area contributed by atoms with Crippen LogP contribution in [0.15, 0.2) is 30.3 Å². The smallest absolute Gasteiger partial charge is 0.348 e. The van der Waals surface area contributed by atoms with Crippen molar-refractivity contribution in [3.8, 4) is 0 Å². The summed E-state index contributed by atoms with van der Waals surface area (Å²) < 4.78 is 42.7. The van der Waals surface area contributed by atoms with E-state index < -0.39 is 17.7 Å². The number of amides is 2. The minimum atomic E-state index is -4.71. The Morgan fingerprint density at radius 2 is 1.84 bits per heavy atom. The first-order valence-corrected chi connectivity index (χ1v) is 8.71. The number of hydrogen-bond acceptors (Lipinski definition) is 4. The maximum atomic E-state index is 14.2. The van der Waals surface area contributed by atoms with Gasteiger partial charge in [-0.05, 0) is 18.4 Å². The van der Waals surface area contributed by atoms with Gasteiger partial charge < -0.3 is 10.2 Å². The van der Waals surface area contributed by atoms with E-state index in [1.807, 2.05) is 4.90 Å². The normalized spacial score (nSPS) is 23.2. The van der Waals surface area contributed by atoms with Gasteiger partial charge in [-0.15, -0.1) is 0 Å². The molecule has 1 atom stereocenters. The van der Waals surface area contributed by atoms with Crippen LogP contribution in [0.25, 0.3) is 0 Å². The van der Waals surface area contributed by atoms with Gasteiger partial charge in [0.25, 0.3) is 0 Å². The van der Waals surface area contributed by atoms with Crippen LogP contribution in [0.5, 0.6) is 0 Å². The van der Waals surface area contributed by atoms with Crippen molar-refractivity contribution in [2.24, 2.45) is 0 Å². The Labute approximate surface area is 145 Å². The number of nitrogens with one attached hydrogen (secondary N) is 2. The van der Waals surface area contributed by atoms with Crippen LogP contribution in [0.4, 0.5) is 28.9 Å². The Balaban J connectivity index is 1.92. The second-order valence-electron chi connectivity index (χ2n) is 6.06. The fourth-order valence-corrected chi connectivity index (χ4v) is 4.57. The molecule has 25 heavy (non-hydrogen) atoms. The lowest BCUT2D eigenvalue weighted by Crippen LogP contribution is -2.60. The third-order valence-electron chi connectivity index (χ3n) is 4.50. The fourth-order valence-electron chi connectivity index (χ4n) is 3.31. The number of fused-ring (bicyclic) bond motifs is 1. The van der Waals surface area contributed by atoms with Crippen molar-refractivity contribution in [2.45, 2.75) is 24.6 Å². The molecule has 2 amide bonds. The number of thiazole rings is 1. The van der Waals surface area contributed by atoms with Crippen LogP contribution in [0.2, 0.25) is 0 Å². The Hall–Kier alpha value is -2.29. The Morgan fingerprint density at radius 3 is 2.48 bits per heavy atom. The molecule has 1 fully saturated rings. The van der Waals surface area contributed by atoms with Gasteiger partial charge >= 0.3 is 12.2 Å². The predicted molar refractivity (Wildman–Crippen MR) is 89.0 cm³/mol. The molecule has 0 aliphatic carbocycles. The molecule has 3 heterocycles. The molecule has 1 aromatic carbocycles. The van der Waals surface area contributed by atoms with Gasteiger partial charge in [-0.3, -0.25) is 5.32 Å². The van der Waals surface area contributed by atoms with E-state index in [1.54, 1.807) is 6.07 Å². The highest BCUT2D eigenvalue weighted by Crippen LogP contribution is 2.51. The average Bonchev–Trinajstić information content (AvgIpc) is 3.22. The van der Waals surface area contributed by atoms with E-state index in [9.17, 15) is 18.0 Å². The zero-order valence-electron chi connectivity index (χ0n) is 13.1. The third kappa shape index (κ3) is 2.45. The average molecular weight is 368 g/mol. The van der Waals surface area contributed by atoms with Crippen LogP contribution in [0, 0.1) is 0 Å². The molecule has 2 N–H and O–H groups in total. The largest absolute Gasteiger partial charge is 0.421 e. The van der Waals surface area contributed by atoms with Crippen LogP contribution in [0.3, 0.4) is 0 Å². The fraction of sp³-hybridized carbons (Fsp3) is 0.375. The first kappa shape index (κ1) is 16.2. The number of urea groups is 1. The van der Waals surface area contributed by atoms with E-state index in [1.165, 1.54) is 24.3 Å². The Morgan fingerprint density at radius 1 is 1.16 bits per heavy atom. The van der Waals surface area contributed by atoms with Gasteiger partial charge in [-0.1, -0.05) is 41.7 Å². The summed E-state index contributed by atoms with van der Waals surface area (Å²) in [7, 11) is 0. The number of carbonyl (C=O) groups excluding carboxylic acids is 1. The van der Waals surface area contributed by atoms with Gasteiger partial charge in [0.15, 0.2) is 10.9 Å². The zero-order chi connectivity index (χ0) is 17.7. The highest BCUT2D eigenvalue weighted by Gasteiger charge is 2.62. The number of rotatable bonds is 2. The Kier molecular flexibility index (Phi) is 3.64. The number of carbonyl (C=O) groups is 1. The standard InChI is InChI=1S/C16H15F3N4OS/c17-16(18,19)15(10-6-2-1-3-7-10)11-12(20-13(24)22-15)21-14(25-11)23-8-4-5-9-23/h1-3,6-7H,4-5,8-9H2,(H2,20,22,24). The van der Waals surface area contributed by atoms with E-state index >= 15 is 0 Å². The lowest BCUT2D eigenvalue weighted by atomic mass is 9.86. The number of anilines is 2. The summed E-state index contributed by atoms with van der Waals surface area (Å²) >= 11 is 0.981. The summed E-state index contributed by atoms with van der Waals surface area (Å²) in [5.41, 5.74) is -2.63. The van der Waals surface area contributed by atoms with Crippen LogP contribution in [0.1, 0.15) is 23.3 Å². The van der Waals surface area contributed by atoms with Crippen LogP contribution < -0.4 is 15.5 Å². The topological polar surface area (TPSA) is 57.3 Å². The summed E-state index contributed by atoms with van der Waals surface area (Å²) in [6.45, 7) is 1.52. The second kappa shape index (κ2) is 5.62. The second-order valence-corrected chi connectivity index (χ2v) is 7.04. The number of alkyl halides is 3. The van der Waals surface area contributed by atoms with Crippen LogP contribution in [-0.4, -0.2) is 30.3 Å². The van der Waals surface area contributed by atoms with Crippen molar-refractivity contribution < 1.29 is 18.0 Å². The van der Waals surface area contributed by atoms with Gasteiger partial charge in [-0.25, -0.2) is 9.78 Å². The molecule has 4 rings (SSSR count). The van der Waals surface area contributed by atoms with Crippen molar-refractivity contribution in [3.05, 3.63) is 40.8 Å². The molecular weight excluding hydrogens is 353 g/mol. The molecule has 132 valence electrons. The first-order chi connectivity index (χ1) is 11.9. The number of benzene rings is 1. The maximum Gasteiger partial charge on any atom is 0.421 e. The molecule has 0 spiro atoms. The van der Waals surface area contributed by atoms with Gasteiger partial charge in [0.1, 0.15) is 0 Å². The monoisotopic (exact) mass is 368 g/mol. The number of nitrogens with zero attached hydrogens (tertiary/aromatic N) is 2. The van der Waals surface area contributed by atoms with Crippen molar-refractivity contribution in [2.75, 3.05) is 23.3 Å². The first-order valence-electron chi connectivity index (χ1n) is 7.89. The van der Waals surface area contributed by atoms with E-state index in [4.69, 9.17) is 0 Å². The zero-order valence-corrected chi connectivity index (χ0v) is 13.9. The predicted octanol–water partition coefficient (Wildman–Crippen LogP) is 3.68. The van der Waals surface area contributed by atoms with Crippen molar-refractivity contribution in [3.63, 3.8) is 0 Å². The number of halogens is 3. The molecule has 0 radical (unpaired) electrons. The molecular formula is C16H15F3N4OS. The molecule has 2 aliphatic heterocycles. The van der Waals surface area contributed by atoms with E-state index in [0.717, 1.165) is 37.3 Å². The molecule has 2 aromatic rings. The van der Waals surface area contributed by atoms with E-state index in [2.05, 4.69) is 15.6 Å². The van der Waals surface area contributed by atoms with Crippen molar-refractivity contribution in [1.82, 2.24) is 10.3 Å². The third-order valence-corrected chi connectivity index (χ3v) is 5.73. The van der Waals surface area contributed by atoms with Gasteiger partial charge in [0.05, 0.1) is 4.88 Å². The molecule has 5 nitrogen and oxygen atoms in total. The molecule has 0 bridgehead atoms. The minimum absolute atomic E-state index is 0.0168. The number of hydrogen-bond donors (Lipinski definition) is 2. The SMILES string of the molecule is O=C1Nc2nc(N3CCCC3)sc2C(c2ccccc2)(C(F)(F)F)N1. The van der Waals surface area contributed by atoms with Crippen molar-refractivity contribution in [1.29, 1.82) is 0 Å². The summed E-state index contributed by atoms with van der Waals surface area (Å²) in [6.07, 6.45) is -2.74. The summed E-state index contributed by atoms with van der Waals surface area (Å²) in [4.78, 5) is 18.2. The van der Waals surface area contributed by atoms with Gasteiger partial charge in [0, 0.05) is 13.1 Å². The van der Waals surface area contributed by atoms with Crippen molar-refractivity contribution >= 4 is 28.3 Å².